The van der Waals surface area contributed by atoms with E-state index < -0.39 is 40.8 Å². The van der Waals surface area contributed by atoms with Crippen LogP contribution in [-0.4, -0.2) is 69.4 Å². The smallest absolute Gasteiger partial charge is 0.377 e. The molecule has 3 N–H and O–H groups in total. The number of hydrogen-bond acceptors (Lipinski definition) is 7. The SMILES string of the molecule is C[C@@H]1CN(C(=O)NC/C=C/[C@H](C)Nc2cn[nH]c(=O)c2C(F)(F)F)CCN1c1ncc(C(F)(F)F)cn1. The summed E-state index contributed by atoms with van der Waals surface area (Å²) >= 11 is 0. The lowest BCUT2D eigenvalue weighted by molar-refractivity contribution is -0.139. The first-order valence-electron chi connectivity index (χ1n) is 11.0. The number of anilines is 2. The number of amides is 2. The summed E-state index contributed by atoms with van der Waals surface area (Å²) in [6, 6.07) is -1.27. The Labute approximate surface area is 206 Å². The maximum atomic E-state index is 13.1. The van der Waals surface area contributed by atoms with Gasteiger partial charge in [0, 0.05) is 50.7 Å². The number of nitrogens with one attached hydrogen (secondary N) is 3. The van der Waals surface area contributed by atoms with Crippen molar-refractivity contribution < 1.29 is 31.1 Å². The van der Waals surface area contributed by atoms with E-state index in [1.165, 1.54) is 11.0 Å². The molecule has 0 bridgehead atoms. The Morgan fingerprint density at radius 3 is 2.43 bits per heavy atom. The molecule has 10 nitrogen and oxygen atoms in total. The predicted octanol–water partition coefficient (Wildman–Crippen LogP) is 2.87. The number of aromatic nitrogens is 4. The molecular weight excluding hydrogens is 510 g/mol. The summed E-state index contributed by atoms with van der Waals surface area (Å²) in [4.78, 5) is 34.8. The van der Waals surface area contributed by atoms with Gasteiger partial charge < -0.3 is 20.4 Å². The molecule has 1 aliphatic heterocycles. The van der Waals surface area contributed by atoms with Gasteiger partial charge >= 0.3 is 18.4 Å². The first kappa shape index (κ1) is 27.7. The summed E-state index contributed by atoms with van der Waals surface area (Å²) in [6.45, 7) is 4.28. The van der Waals surface area contributed by atoms with Crippen LogP contribution >= 0.6 is 0 Å². The molecule has 202 valence electrons. The highest BCUT2D eigenvalue weighted by molar-refractivity contribution is 5.74. The lowest BCUT2D eigenvalue weighted by Crippen LogP contribution is -2.56. The first-order valence-corrected chi connectivity index (χ1v) is 11.0. The Hall–Kier alpha value is -3.85. The van der Waals surface area contributed by atoms with Crippen LogP contribution in [0, 0.1) is 0 Å². The van der Waals surface area contributed by atoms with Crippen molar-refractivity contribution in [1.82, 2.24) is 30.4 Å². The molecule has 16 heteroatoms. The van der Waals surface area contributed by atoms with E-state index in [0.717, 1.165) is 6.20 Å². The number of nitrogens with zero attached hydrogens (tertiary/aromatic N) is 5. The molecule has 1 saturated heterocycles. The summed E-state index contributed by atoms with van der Waals surface area (Å²) in [6.07, 6.45) is -4.04. The molecule has 1 aliphatic rings. The Kier molecular flexibility index (Phi) is 8.28. The molecular formula is C21H24F6N8O2. The highest BCUT2D eigenvalue weighted by Gasteiger charge is 2.37. The van der Waals surface area contributed by atoms with E-state index in [4.69, 9.17) is 0 Å². The van der Waals surface area contributed by atoms with Gasteiger partial charge in [-0.3, -0.25) is 4.79 Å². The number of piperazine rings is 1. The third-order valence-electron chi connectivity index (χ3n) is 5.46. The maximum Gasteiger partial charge on any atom is 0.423 e. The van der Waals surface area contributed by atoms with E-state index >= 15 is 0 Å². The number of urea groups is 1. The summed E-state index contributed by atoms with van der Waals surface area (Å²) < 4.78 is 77.5. The molecule has 3 heterocycles. The van der Waals surface area contributed by atoms with Crippen LogP contribution in [0.1, 0.15) is 25.0 Å². The standard InChI is InChI=1S/C21H24F6N8O2/c1-12(32-15-10-31-33-17(36)16(15)21(25,26)27)4-3-5-28-19(37)34-6-7-35(13(2)11-34)18-29-8-14(9-30-18)20(22,23)24/h3-4,8-10,12-13H,5-7,11H2,1-2H3,(H,28,37)(H2,32,33,36)/b4-3+/t12-,13+/m0/s1. The third kappa shape index (κ3) is 7.10. The predicted molar refractivity (Wildman–Crippen MR) is 121 cm³/mol. The van der Waals surface area contributed by atoms with Crippen molar-refractivity contribution in [2.24, 2.45) is 0 Å². The normalized spacial score (nSPS) is 17.7. The molecule has 37 heavy (non-hydrogen) atoms. The average Bonchev–Trinajstić information content (AvgIpc) is 2.80. The molecule has 0 aromatic carbocycles. The Morgan fingerprint density at radius 2 is 1.84 bits per heavy atom. The van der Waals surface area contributed by atoms with Crippen LogP contribution in [0.3, 0.4) is 0 Å². The number of carbonyl (C=O) groups is 1. The van der Waals surface area contributed by atoms with E-state index in [1.807, 2.05) is 0 Å². The Bertz CT molecular complexity index is 1170. The quantitative estimate of drug-likeness (QED) is 0.385. The van der Waals surface area contributed by atoms with Crippen molar-refractivity contribution in [3.8, 4) is 0 Å². The molecule has 2 aromatic rings. The van der Waals surface area contributed by atoms with E-state index in [0.29, 0.717) is 18.9 Å². The molecule has 3 rings (SSSR count). The zero-order valence-electron chi connectivity index (χ0n) is 19.7. The van der Waals surface area contributed by atoms with E-state index in [9.17, 15) is 35.9 Å². The molecule has 2 aromatic heterocycles. The van der Waals surface area contributed by atoms with Gasteiger partial charge in [0.05, 0.1) is 17.4 Å². The lowest BCUT2D eigenvalue weighted by Gasteiger charge is -2.39. The fourth-order valence-electron chi connectivity index (χ4n) is 3.67. The fourth-order valence-corrected chi connectivity index (χ4v) is 3.67. The minimum Gasteiger partial charge on any atom is -0.377 e. The largest absolute Gasteiger partial charge is 0.423 e. The van der Waals surface area contributed by atoms with Gasteiger partial charge in [-0.1, -0.05) is 12.2 Å². The van der Waals surface area contributed by atoms with Crippen LogP contribution in [-0.2, 0) is 12.4 Å². The Balaban J connectivity index is 1.49. The van der Waals surface area contributed by atoms with Crippen molar-refractivity contribution in [1.29, 1.82) is 0 Å². The summed E-state index contributed by atoms with van der Waals surface area (Å²) in [5, 5.41) is 10.4. The number of carbonyl (C=O) groups excluding carboxylic acids is 1. The number of hydrogen-bond donors (Lipinski definition) is 3. The van der Waals surface area contributed by atoms with E-state index in [-0.39, 0.29) is 37.7 Å². The Morgan fingerprint density at radius 1 is 1.16 bits per heavy atom. The fraction of sp³-hybridized carbons (Fsp3) is 0.476. The van der Waals surface area contributed by atoms with Crippen LogP contribution in [0.25, 0.3) is 0 Å². The molecule has 2 atom stereocenters. The van der Waals surface area contributed by atoms with Crippen molar-refractivity contribution in [3.63, 3.8) is 0 Å². The van der Waals surface area contributed by atoms with E-state index in [1.54, 1.807) is 29.9 Å². The van der Waals surface area contributed by atoms with Gasteiger partial charge in [0.25, 0.3) is 5.56 Å². The molecule has 2 amide bonds. The van der Waals surface area contributed by atoms with Crippen molar-refractivity contribution >= 4 is 17.7 Å². The molecule has 0 spiro atoms. The maximum absolute atomic E-state index is 13.1. The van der Waals surface area contributed by atoms with Gasteiger partial charge in [0.2, 0.25) is 5.95 Å². The van der Waals surface area contributed by atoms with Crippen molar-refractivity contribution in [3.05, 3.63) is 52.2 Å². The zero-order valence-corrected chi connectivity index (χ0v) is 19.7. The summed E-state index contributed by atoms with van der Waals surface area (Å²) in [7, 11) is 0. The second-order valence-electron chi connectivity index (χ2n) is 8.29. The van der Waals surface area contributed by atoms with Crippen molar-refractivity contribution in [2.45, 2.75) is 38.3 Å². The second-order valence-corrected chi connectivity index (χ2v) is 8.29. The first-order chi connectivity index (χ1) is 17.3. The molecule has 0 aliphatic carbocycles. The van der Waals surface area contributed by atoms with E-state index in [2.05, 4.69) is 25.7 Å². The monoisotopic (exact) mass is 534 g/mol. The second kappa shape index (κ2) is 11.0. The van der Waals surface area contributed by atoms with Crippen LogP contribution in [0.2, 0.25) is 0 Å². The number of aromatic amines is 1. The minimum atomic E-state index is -4.87. The highest BCUT2D eigenvalue weighted by Crippen LogP contribution is 2.31. The van der Waals surface area contributed by atoms with Gasteiger partial charge in [-0.05, 0) is 13.8 Å². The lowest BCUT2D eigenvalue weighted by atomic mass is 10.2. The summed E-state index contributed by atoms with van der Waals surface area (Å²) in [5.41, 5.74) is -4.16. The third-order valence-corrected chi connectivity index (χ3v) is 5.46. The van der Waals surface area contributed by atoms with Gasteiger partial charge in [-0.2, -0.15) is 31.4 Å². The van der Waals surface area contributed by atoms with Crippen LogP contribution < -0.4 is 21.1 Å². The van der Waals surface area contributed by atoms with Crippen LogP contribution in [0.5, 0.6) is 0 Å². The average molecular weight is 534 g/mol. The van der Waals surface area contributed by atoms with Gasteiger partial charge in [0.15, 0.2) is 0 Å². The van der Waals surface area contributed by atoms with Gasteiger partial charge in [0.1, 0.15) is 5.56 Å². The van der Waals surface area contributed by atoms with Gasteiger partial charge in [-0.25, -0.2) is 19.9 Å². The molecule has 0 radical (unpaired) electrons. The minimum absolute atomic E-state index is 0.0845. The van der Waals surface area contributed by atoms with Crippen LogP contribution in [0.4, 0.5) is 42.8 Å². The number of halogens is 6. The summed E-state index contributed by atoms with van der Waals surface area (Å²) in [5.74, 6) is 0.134. The van der Waals surface area contributed by atoms with Gasteiger partial charge in [-0.15, -0.1) is 0 Å². The number of rotatable bonds is 6. The molecule has 0 saturated carbocycles. The zero-order chi connectivity index (χ0) is 27.4. The number of H-pyrrole nitrogens is 1. The molecule has 1 fully saturated rings. The van der Waals surface area contributed by atoms with Crippen molar-refractivity contribution in [2.75, 3.05) is 36.4 Å². The number of alkyl halides is 6. The van der Waals surface area contributed by atoms with Crippen LogP contribution in [0.15, 0.2) is 35.5 Å². The topological polar surface area (TPSA) is 119 Å². The molecule has 0 unspecified atom stereocenters. The highest BCUT2D eigenvalue weighted by atomic mass is 19.4.